The fourth-order valence-corrected chi connectivity index (χ4v) is 4.94. The summed E-state index contributed by atoms with van der Waals surface area (Å²) in [6.45, 7) is 7.44. The summed E-state index contributed by atoms with van der Waals surface area (Å²) >= 11 is 7.89. The third kappa shape index (κ3) is 6.43. The minimum atomic E-state index is 0.0323. The van der Waals surface area contributed by atoms with Crippen LogP contribution in [0.3, 0.4) is 0 Å². The SMILES string of the molecule is COc1ccc(NC(=O)CC[C@H]2CCCN(Cc3nc(C(C)C)cs3)C2)cc1Cl. The zero-order valence-corrected chi connectivity index (χ0v) is 19.0. The number of piperidine rings is 1. The molecule has 1 aliphatic heterocycles. The number of hydrogen-bond acceptors (Lipinski definition) is 5. The monoisotopic (exact) mass is 435 g/mol. The Morgan fingerprint density at radius 2 is 2.28 bits per heavy atom. The number of likely N-dealkylation sites (tertiary alicyclic amines) is 1. The van der Waals surface area contributed by atoms with Crippen molar-refractivity contribution in [2.45, 2.75) is 52.0 Å². The summed E-state index contributed by atoms with van der Waals surface area (Å²) in [5.74, 6) is 1.67. The van der Waals surface area contributed by atoms with E-state index in [2.05, 4.69) is 29.4 Å². The van der Waals surface area contributed by atoms with E-state index in [0.29, 0.717) is 34.7 Å². The number of nitrogens with one attached hydrogen (secondary N) is 1. The third-order valence-corrected chi connectivity index (χ3v) is 6.49. The number of ether oxygens (including phenoxy) is 1. The summed E-state index contributed by atoms with van der Waals surface area (Å²) in [6, 6.07) is 5.30. The van der Waals surface area contributed by atoms with Gasteiger partial charge in [-0.25, -0.2) is 4.98 Å². The highest BCUT2D eigenvalue weighted by Crippen LogP contribution is 2.28. The lowest BCUT2D eigenvalue weighted by atomic mass is 9.93. The van der Waals surface area contributed by atoms with Gasteiger partial charge in [0.05, 0.1) is 24.4 Å². The van der Waals surface area contributed by atoms with Gasteiger partial charge in [-0.2, -0.15) is 0 Å². The molecule has 1 aromatic heterocycles. The number of amides is 1. The predicted octanol–water partition coefficient (Wildman–Crippen LogP) is 5.56. The molecule has 1 atom stereocenters. The first-order chi connectivity index (χ1) is 13.9. The second kappa shape index (κ2) is 10.4. The molecular formula is C22H30ClN3O2S. The molecule has 1 amide bonds. The van der Waals surface area contributed by atoms with Crippen LogP contribution in [0.2, 0.25) is 5.02 Å². The number of thiazole rings is 1. The van der Waals surface area contributed by atoms with Crippen LogP contribution in [-0.4, -0.2) is 36.0 Å². The fraction of sp³-hybridized carbons (Fsp3) is 0.545. The van der Waals surface area contributed by atoms with E-state index in [0.717, 1.165) is 26.1 Å². The number of anilines is 1. The molecule has 1 aromatic carbocycles. The van der Waals surface area contributed by atoms with Crippen molar-refractivity contribution in [1.82, 2.24) is 9.88 Å². The number of nitrogens with zero attached hydrogens (tertiary/aromatic N) is 2. The average Bonchev–Trinajstić information content (AvgIpc) is 3.16. The molecule has 0 spiro atoms. The van der Waals surface area contributed by atoms with Crippen LogP contribution in [0.4, 0.5) is 5.69 Å². The first-order valence-electron chi connectivity index (χ1n) is 10.2. The van der Waals surface area contributed by atoms with Gasteiger partial charge in [0.1, 0.15) is 10.8 Å². The van der Waals surface area contributed by atoms with Crippen molar-refractivity contribution < 1.29 is 9.53 Å². The third-order valence-electron chi connectivity index (χ3n) is 5.34. The molecule has 2 aromatic rings. The molecule has 1 aliphatic rings. The Kier molecular flexibility index (Phi) is 7.92. The number of aromatic nitrogens is 1. The summed E-state index contributed by atoms with van der Waals surface area (Å²) < 4.78 is 5.14. The maximum Gasteiger partial charge on any atom is 0.224 e. The van der Waals surface area contributed by atoms with Crippen molar-refractivity contribution in [2.24, 2.45) is 5.92 Å². The predicted molar refractivity (Wildman–Crippen MR) is 120 cm³/mol. The van der Waals surface area contributed by atoms with Crippen molar-refractivity contribution in [1.29, 1.82) is 0 Å². The van der Waals surface area contributed by atoms with Gasteiger partial charge < -0.3 is 10.1 Å². The number of carbonyl (C=O) groups is 1. The fourth-order valence-electron chi connectivity index (χ4n) is 3.69. The van der Waals surface area contributed by atoms with Crippen molar-refractivity contribution in [3.8, 4) is 5.75 Å². The minimum absolute atomic E-state index is 0.0323. The van der Waals surface area contributed by atoms with E-state index in [-0.39, 0.29) is 5.91 Å². The van der Waals surface area contributed by atoms with Crippen molar-refractivity contribution in [2.75, 3.05) is 25.5 Å². The number of benzene rings is 1. The van der Waals surface area contributed by atoms with Crippen LogP contribution in [0.5, 0.6) is 5.75 Å². The van der Waals surface area contributed by atoms with Gasteiger partial charge in [0, 0.05) is 24.0 Å². The standard InChI is InChI=1S/C22H30ClN3O2S/c1-15(2)19-14-29-22(25-19)13-26-10-4-5-16(12-26)6-9-21(27)24-17-7-8-20(28-3)18(23)11-17/h7-8,11,14-16H,4-6,9-10,12-13H2,1-3H3,(H,24,27)/t16-/m1/s1. The first kappa shape index (κ1) is 22.1. The molecule has 2 heterocycles. The molecule has 3 rings (SSSR count). The maximum absolute atomic E-state index is 12.4. The van der Waals surface area contributed by atoms with Crippen LogP contribution < -0.4 is 10.1 Å². The van der Waals surface area contributed by atoms with Crippen LogP contribution in [-0.2, 0) is 11.3 Å². The molecule has 29 heavy (non-hydrogen) atoms. The summed E-state index contributed by atoms with van der Waals surface area (Å²) in [6.07, 6.45) is 3.80. The van der Waals surface area contributed by atoms with Crippen LogP contribution in [0.25, 0.3) is 0 Å². The average molecular weight is 436 g/mol. The molecule has 0 bridgehead atoms. The number of methoxy groups -OCH3 is 1. The number of halogens is 1. The Balaban J connectivity index is 1.45. The molecule has 158 valence electrons. The van der Waals surface area contributed by atoms with E-state index < -0.39 is 0 Å². The topological polar surface area (TPSA) is 54.5 Å². The molecule has 7 heteroatoms. The Hall–Kier alpha value is -1.63. The highest BCUT2D eigenvalue weighted by atomic mass is 35.5. The van der Waals surface area contributed by atoms with E-state index in [1.807, 2.05) is 6.07 Å². The molecular weight excluding hydrogens is 406 g/mol. The largest absolute Gasteiger partial charge is 0.495 e. The Bertz CT molecular complexity index is 824. The molecule has 1 saturated heterocycles. The lowest BCUT2D eigenvalue weighted by molar-refractivity contribution is -0.116. The summed E-state index contributed by atoms with van der Waals surface area (Å²) in [7, 11) is 1.57. The lowest BCUT2D eigenvalue weighted by Crippen LogP contribution is -2.35. The zero-order chi connectivity index (χ0) is 20.8. The highest BCUT2D eigenvalue weighted by Gasteiger charge is 2.22. The van der Waals surface area contributed by atoms with Crippen molar-refractivity contribution >= 4 is 34.5 Å². The van der Waals surface area contributed by atoms with Gasteiger partial charge in [0.25, 0.3) is 0 Å². The van der Waals surface area contributed by atoms with Gasteiger partial charge in [-0.05, 0) is 55.8 Å². The molecule has 0 unspecified atom stereocenters. The van der Waals surface area contributed by atoms with Crippen molar-refractivity contribution in [3.05, 3.63) is 39.3 Å². The minimum Gasteiger partial charge on any atom is -0.495 e. The second-order valence-electron chi connectivity index (χ2n) is 8.00. The van der Waals surface area contributed by atoms with Gasteiger partial charge in [0.15, 0.2) is 0 Å². The van der Waals surface area contributed by atoms with Crippen LogP contribution in [0, 0.1) is 5.92 Å². The van der Waals surface area contributed by atoms with Crippen LogP contribution in [0.15, 0.2) is 23.6 Å². The Labute approximate surface area is 182 Å². The first-order valence-corrected chi connectivity index (χ1v) is 11.5. The van der Waals surface area contributed by atoms with E-state index in [1.165, 1.54) is 23.5 Å². The lowest BCUT2D eigenvalue weighted by Gasteiger charge is -2.32. The molecule has 1 fully saturated rings. The van der Waals surface area contributed by atoms with Gasteiger partial charge in [-0.15, -0.1) is 11.3 Å². The molecule has 0 aliphatic carbocycles. The molecule has 0 radical (unpaired) electrons. The Morgan fingerprint density at radius 1 is 1.45 bits per heavy atom. The smallest absolute Gasteiger partial charge is 0.224 e. The van der Waals surface area contributed by atoms with E-state index in [9.17, 15) is 4.79 Å². The normalized spacial score (nSPS) is 17.5. The molecule has 0 saturated carbocycles. The number of rotatable bonds is 8. The van der Waals surface area contributed by atoms with Gasteiger partial charge in [0.2, 0.25) is 5.91 Å². The second-order valence-corrected chi connectivity index (χ2v) is 9.35. The van der Waals surface area contributed by atoms with Gasteiger partial charge in [-0.1, -0.05) is 25.4 Å². The maximum atomic E-state index is 12.4. The quantitative estimate of drug-likeness (QED) is 0.589. The van der Waals surface area contributed by atoms with Crippen LogP contribution >= 0.6 is 22.9 Å². The van der Waals surface area contributed by atoms with Gasteiger partial charge >= 0.3 is 0 Å². The number of hydrogen-bond donors (Lipinski definition) is 1. The molecule has 1 N–H and O–H groups in total. The van der Waals surface area contributed by atoms with Crippen LogP contribution in [0.1, 0.15) is 56.2 Å². The highest BCUT2D eigenvalue weighted by molar-refractivity contribution is 7.09. The van der Waals surface area contributed by atoms with E-state index in [4.69, 9.17) is 21.3 Å². The van der Waals surface area contributed by atoms with E-state index >= 15 is 0 Å². The Morgan fingerprint density at radius 3 is 2.97 bits per heavy atom. The zero-order valence-electron chi connectivity index (χ0n) is 17.4. The van der Waals surface area contributed by atoms with Gasteiger partial charge in [-0.3, -0.25) is 9.69 Å². The summed E-state index contributed by atoms with van der Waals surface area (Å²) in [5, 5.41) is 6.81. The van der Waals surface area contributed by atoms with Crippen molar-refractivity contribution in [3.63, 3.8) is 0 Å². The number of carbonyl (C=O) groups excluding carboxylic acids is 1. The summed E-state index contributed by atoms with van der Waals surface area (Å²) in [4.78, 5) is 19.6. The molecule has 5 nitrogen and oxygen atoms in total. The van der Waals surface area contributed by atoms with E-state index in [1.54, 1.807) is 30.6 Å². The summed E-state index contributed by atoms with van der Waals surface area (Å²) in [5.41, 5.74) is 1.89.